The predicted octanol–water partition coefficient (Wildman–Crippen LogP) is 6.71. The van der Waals surface area contributed by atoms with E-state index in [9.17, 15) is 0 Å². The Morgan fingerprint density at radius 3 is 2.21 bits per heavy atom. The highest BCUT2D eigenvalue weighted by molar-refractivity contribution is 5.82. The molecule has 2 bridgehead atoms. The summed E-state index contributed by atoms with van der Waals surface area (Å²) in [6.45, 7) is 21.9. The summed E-state index contributed by atoms with van der Waals surface area (Å²) in [5, 5.41) is 1.19. The smallest absolute Gasteiger partial charge is 0.135 e. The third-order valence-corrected chi connectivity index (χ3v) is 10.8. The van der Waals surface area contributed by atoms with E-state index in [-0.39, 0.29) is 33.9 Å². The topological polar surface area (TPSA) is 31.4 Å². The quantitative estimate of drug-likeness (QED) is 0.144. The third kappa shape index (κ3) is 7.09. The molecule has 4 nitrogen and oxygen atoms in total. The van der Waals surface area contributed by atoms with Gasteiger partial charge in [0.05, 0.1) is 32.3 Å². The minimum atomic E-state index is -0.0657. The fourth-order valence-corrected chi connectivity index (χ4v) is 8.38. The molecular formula is C42H53BrN2O2. The zero-order valence-electron chi connectivity index (χ0n) is 29.4. The van der Waals surface area contributed by atoms with Gasteiger partial charge in [0.1, 0.15) is 24.4 Å². The Bertz CT molecular complexity index is 1650. The van der Waals surface area contributed by atoms with Crippen LogP contribution in [0.1, 0.15) is 88.3 Å². The SMILES string of the molecule is C=C[C@H]1C[N@+]2(Cc3cc(C(C)(C)C)c(OC)c(C(C)(C)C)c3)CC[C@H]1C[C@@H]2[C@@H](OCc1ccccc1)c1ccnc2ccccc12.[Br-]. The molecule has 3 fully saturated rings. The van der Waals surface area contributed by atoms with Crippen molar-refractivity contribution >= 4 is 10.9 Å². The number of halogens is 1. The van der Waals surface area contributed by atoms with Crippen LogP contribution in [0.15, 0.2) is 91.6 Å². The average molecular weight is 698 g/mol. The highest BCUT2D eigenvalue weighted by Crippen LogP contribution is 2.50. The van der Waals surface area contributed by atoms with Crippen LogP contribution in [-0.2, 0) is 28.7 Å². The standard InChI is InChI=1S/C42H53N2O2.BrH/c1-9-31-27-44(26-30-23-35(41(2,3)4)40(45-8)36(24-30)42(5,6)7)22-20-32(31)25-38(44)39(46-28-29-15-11-10-12-16-29)34-19-21-43-37-18-14-13-17-33(34)37;/h9-19,21,23-24,31-32,38-39H,1,20,22,25-28H2,2-8H3;1H/q+1;/p-1/t31-,32-,38+,39-,44+;/m0./s1. The highest BCUT2D eigenvalue weighted by Gasteiger charge is 2.54. The van der Waals surface area contributed by atoms with Crippen LogP contribution in [0.2, 0.25) is 0 Å². The number of hydrogen-bond donors (Lipinski definition) is 0. The molecule has 4 heterocycles. The molecule has 5 heteroatoms. The van der Waals surface area contributed by atoms with Crippen molar-refractivity contribution in [3.63, 3.8) is 0 Å². The lowest BCUT2D eigenvalue weighted by molar-refractivity contribution is -0.985. The lowest BCUT2D eigenvalue weighted by Gasteiger charge is -2.58. The molecular weight excluding hydrogens is 644 g/mol. The number of quaternary nitrogens is 1. The second kappa shape index (κ2) is 13.9. The van der Waals surface area contributed by atoms with Gasteiger partial charge in [0, 0.05) is 47.0 Å². The Morgan fingerprint density at radius 1 is 0.915 bits per heavy atom. The summed E-state index contributed by atoms with van der Waals surface area (Å²) in [7, 11) is 1.83. The van der Waals surface area contributed by atoms with Gasteiger partial charge in [-0.2, -0.15) is 0 Å². The van der Waals surface area contributed by atoms with E-state index in [2.05, 4.69) is 127 Å². The largest absolute Gasteiger partial charge is 1.00 e. The average Bonchev–Trinajstić information content (AvgIpc) is 3.04. The summed E-state index contributed by atoms with van der Waals surface area (Å²) in [6, 6.07) is 26.6. The van der Waals surface area contributed by atoms with E-state index in [4.69, 9.17) is 14.5 Å². The number of rotatable bonds is 9. The second-order valence-corrected chi connectivity index (χ2v) is 15.9. The lowest BCUT2D eigenvalue weighted by Crippen LogP contribution is -3.00. The molecule has 4 aromatic rings. The zero-order valence-corrected chi connectivity index (χ0v) is 31.0. The van der Waals surface area contributed by atoms with Crippen LogP contribution in [0.3, 0.4) is 0 Å². The van der Waals surface area contributed by atoms with Gasteiger partial charge >= 0.3 is 0 Å². The van der Waals surface area contributed by atoms with Crippen molar-refractivity contribution in [2.24, 2.45) is 11.8 Å². The molecule has 7 rings (SSSR count). The van der Waals surface area contributed by atoms with Crippen LogP contribution in [0.4, 0.5) is 0 Å². The van der Waals surface area contributed by atoms with Crippen LogP contribution in [0, 0.1) is 11.8 Å². The van der Waals surface area contributed by atoms with Crippen LogP contribution in [-0.4, -0.2) is 35.7 Å². The van der Waals surface area contributed by atoms with Crippen molar-refractivity contribution in [2.45, 2.75) is 90.5 Å². The van der Waals surface area contributed by atoms with E-state index in [0.717, 1.165) is 41.8 Å². The summed E-state index contributed by atoms with van der Waals surface area (Å²) < 4.78 is 14.3. The predicted molar refractivity (Wildman–Crippen MR) is 190 cm³/mol. The number of aromatic nitrogens is 1. The number of methoxy groups -OCH3 is 1. The molecule has 0 N–H and O–H groups in total. The van der Waals surface area contributed by atoms with Gasteiger partial charge in [0.2, 0.25) is 0 Å². The normalized spacial score (nSPS) is 23.3. The summed E-state index contributed by atoms with van der Waals surface area (Å²) >= 11 is 0. The third-order valence-electron chi connectivity index (χ3n) is 10.8. The summed E-state index contributed by atoms with van der Waals surface area (Å²) in [5.41, 5.74) is 7.37. The van der Waals surface area contributed by atoms with Gasteiger partial charge in [0.25, 0.3) is 0 Å². The van der Waals surface area contributed by atoms with E-state index in [1.165, 1.54) is 39.6 Å². The molecule has 3 aliphatic heterocycles. The zero-order chi connectivity index (χ0) is 32.7. The highest BCUT2D eigenvalue weighted by atomic mass is 79.9. The van der Waals surface area contributed by atoms with Crippen molar-refractivity contribution in [1.82, 2.24) is 4.98 Å². The number of para-hydroxylation sites is 1. The molecule has 5 atom stereocenters. The van der Waals surface area contributed by atoms with Gasteiger partial charge in [-0.15, -0.1) is 6.58 Å². The first-order chi connectivity index (χ1) is 21.9. The van der Waals surface area contributed by atoms with Crippen LogP contribution < -0.4 is 21.7 Å². The first-order valence-electron chi connectivity index (χ1n) is 17.1. The molecule has 0 amide bonds. The number of nitrogens with zero attached hydrogens (tertiary/aromatic N) is 2. The molecule has 3 saturated heterocycles. The number of fused-ring (bicyclic) bond motifs is 4. The Morgan fingerprint density at radius 2 is 1.57 bits per heavy atom. The maximum absolute atomic E-state index is 7.15. The molecule has 0 spiro atoms. The van der Waals surface area contributed by atoms with E-state index in [0.29, 0.717) is 24.5 Å². The van der Waals surface area contributed by atoms with Gasteiger partial charge in [-0.3, -0.25) is 4.98 Å². The maximum Gasteiger partial charge on any atom is 0.135 e. The molecule has 47 heavy (non-hydrogen) atoms. The van der Waals surface area contributed by atoms with Gasteiger partial charge < -0.3 is 30.9 Å². The number of ether oxygens (including phenoxy) is 2. The second-order valence-electron chi connectivity index (χ2n) is 15.9. The molecule has 0 unspecified atom stereocenters. The summed E-state index contributed by atoms with van der Waals surface area (Å²) in [6.07, 6.45) is 6.50. The minimum absolute atomic E-state index is 0. The summed E-state index contributed by atoms with van der Waals surface area (Å²) in [5.74, 6) is 2.18. The molecule has 3 aliphatic rings. The molecule has 250 valence electrons. The summed E-state index contributed by atoms with van der Waals surface area (Å²) in [4.78, 5) is 4.74. The fourth-order valence-electron chi connectivity index (χ4n) is 8.38. The number of benzene rings is 3. The molecule has 0 saturated carbocycles. The molecule has 0 radical (unpaired) electrons. The number of piperidine rings is 3. The molecule has 3 aromatic carbocycles. The van der Waals surface area contributed by atoms with E-state index in [1.54, 1.807) is 0 Å². The minimum Gasteiger partial charge on any atom is -1.00 e. The first-order valence-corrected chi connectivity index (χ1v) is 17.1. The van der Waals surface area contributed by atoms with Crippen molar-refractivity contribution in [2.75, 3.05) is 20.2 Å². The van der Waals surface area contributed by atoms with Gasteiger partial charge in [-0.25, -0.2) is 0 Å². The Hall–Kier alpha value is -2.99. The van der Waals surface area contributed by atoms with E-state index < -0.39 is 0 Å². The Balaban J connectivity index is 0.00000433. The first kappa shape index (κ1) is 35.3. The van der Waals surface area contributed by atoms with Crippen LogP contribution >= 0.6 is 0 Å². The Labute approximate surface area is 293 Å². The van der Waals surface area contributed by atoms with Gasteiger partial charge in [0.15, 0.2) is 0 Å². The molecule has 1 aromatic heterocycles. The van der Waals surface area contributed by atoms with E-state index >= 15 is 0 Å². The van der Waals surface area contributed by atoms with Crippen molar-refractivity contribution < 1.29 is 30.9 Å². The maximum atomic E-state index is 7.15. The van der Waals surface area contributed by atoms with E-state index in [1.807, 2.05) is 13.3 Å². The van der Waals surface area contributed by atoms with Gasteiger partial charge in [-0.1, -0.05) is 96.1 Å². The number of hydrogen-bond acceptors (Lipinski definition) is 3. The molecule has 0 aliphatic carbocycles. The van der Waals surface area contributed by atoms with Crippen molar-refractivity contribution in [3.05, 3.63) is 119 Å². The van der Waals surface area contributed by atoms with Crippen molar-refractivity contribution in [3.8, 4) is 5.75 Å². The fraction of sp³-hybridized carbons (Fsp3) is 0.452. The lowest BCUT2D eigenvalue weighted by atomic mass is 9.70. The van der Waals surface area contributed by atoms with Crippen LogP contribution in [0.25, 0.3) is 10.9 Å². The van der Waals surface area contributed by atoms with Crippen molar-refractivity contribution in [1.29, 1.82) is 0 Å². The van der Waals surface area contributed by atoms with Gasteiger partial charge in [-0.05, 0) is 52.1 Å². The Kier molecular flexibility index (Phi) is 10.4. The number of pyridine rings is 1. The van der Waals surface area contributed by atoms with Crippen LogP contribution in [0.5, 0.6) is 5.75 Å². The monoisotopic (exact) mass is 696 g/mol.